The van der Waals surface area contributed by atoms with Gasteiger partial charge in [-0.15, -0.1) is 0 Å². The van der Waals surface area contributed by atoms with Gasteiger partial charge in [0.15, 0.2) is 0 Å². The number of hydrogen-bond acceptors (Lipinski definition) is 11. The first-order valence-electron chi connectivity index (χ1n) is 26.9. The van der Waals surface area contributed by atoms with Gasteiger partial charge in [-0.3, -0.25) is 43.3 Å². The number of pyridine rings is 1. The molecule has 76 heavy (non-hydrogen) atoms. The van der Waals surface area contributed by atoms with Gasteiger partial charge in [-0.05, 0) is 118 Å². The summed E-state index contributed by atoms with van der Waals surface area (Å²) in [6.45, 7) is 14.3. The van der Waals surface area contributed by atoms with Crippen LogP contribution in [0.2, 0.25) is 0 Å². The lowest BCUT2D eigenvalue weighted by atomic mass is 9.85. The maximum absolute atomic E-state index is 14.7. The highest BCUT2D eigenvalue weighted by Gasteiger charge is 2.48. The molecule has 8 amide bonds. The van der Waals surface area contributed by atoms with E-state index in [0.717, 1.165) is 60.8 Å². The minimum atomic E-state index is -1.01. The molecule has 3 aromatic rings. The minimum absolute atomic E-state index is 0.0330. The van der Waals surface area contributed by atoms with Crippen molar-refractivity contribution < 1.29 is 38.4 Å². The number of nitrogens with one attached hydrogen (secondary N) is 8. The second-order valence-electron chi connectivity index (χ2n) is 23.2. The van der Waals surface area contributed by atoms with E-state index in [0.29, 0.717) is 0 Å². The van der Waals surface area contributed by atoms with Crippen molar-refractivity contribution in [1.29, 1.82) is 0 Å². The van der Waals surface area contributed by atoms with Crippen molar-refractivity contribution in [3.63, 3.8) is 0 Å². The molecule has 2 aromatic carbocycles. The van der Waals surface area contributed by atoms with Crippen LogP contribution in [0.15, 0.2) is 67.0 Å². The predicted octanol–water partition coefficient (Wildman–Crippen LogP) is 3.15. The lowest BCUT2D eigenvalue weighted by Gasteiger charge is -2.36. The number of aromatic nitrogens is 1. The number of rotatable bonds is 16. The Bertz CT molecular complexity index is 2490. The molecule has 2 fully saturated rings. The molecule has 2 saturated heterocycles. The van der Waals surface area contributed by atoms with E-state index in [2.05, 4.69) is 59.7 Å². The summed E-state index contributed by atoms with van der Waals surface area (Å²) >= 11 is 0. The van der Waals surface area contributed by atoms with E-state index in [1.54, 1.807) is 27.9 Å². The number of hydrogen-bond donors (Lipinski definition) is 8. The fraction of sp³-hybridized carbons (Fsp3) is 0.561. The average Bonchev–Trinajstić information content (AvgIpc) is 4.03. The molecule has 7 rings (SSSR count). The highest BCUT2D eigenvalue weighted by atomic mass is 16.2. The molecule has 2 aliphatic heterocycles. The normalized spacial score (nSPS) is 22.9. The first-order valence-corrected chi connectivity index (χ1v) is 26.9. The van der Waals surface area contributed by atoms with Gasteiger partial charge in [0.25, 0.3) is 11.8 Å². The third-order valence-corrected chi connectivity index (χ3v) is 15.5. The molecule has 1 aromatic heterocycles. The van der Waals surface area contributed by atoms with Crippen LogP contribution in [0.4, 0.5) is 0 Å². The smallest absolute Gasteiger partial charge is 0.253 e. The van der Waals surface area contributed by atoms with Crippen molar-refractivity contribution >= 4 is 47.3 Å². The van der Waals surface area contributed by atoms with Crippen LogP contribution in [0.5, 0.6) is 0 Å². The van der Waals surface area contributed by atoms with Crippen LogP contribution in [-0.2, 0) is 41.6 Å². The van der Waals surface area contributed by atoms with Gasteiger partial charge in [0.2, 0.25) is 35.4 Å². The molecule has 10 atom stereocenters. The summed E-state index contributed by atoms with van der Waals surface area (Å²) in [6.07, 6.45) is 7.79. The lowest BCUT2D eigenvalue weighted by molar-refractivity contribution is -0.144. The first kappa shape index (κ1) is 57.0. The van der Waals surface area contributed by atoms with E-state index in [9.17, 15) is 38.4 Å². The Balaban J connectivity index is 1.09. The second kappa shape index (κ2) is 24.1. The molecule has 19 heteroatoms. The Kier molecular flexibility index (Phi) is 18.1. The van der Waals surface area contributed by atoms with E-state index in [-0.39, 0.29) is 72.8 Å². The van der Waals surface area contributed by atoms with Crippen molar-refractivity contribution in [3.05, 3.63) is 100 Å². The molecule has 1 unspecified atom stereocenters. The molecule has 19 nitrogen and oxygen atoms in total. The Morgan fingerprint density at radius 3 is 1.32 bits per heavy atom. The number of carbonyl (C=O) groups excluding carboxylic acids is 8. The number of fused-ring (bicyclic) bond motifs is 2. The highest BCUT2D eigenvalue weighted by Crippen LogP contribution is 2.34. The van der Waals surface area contributed by atoms with E-state index < -0.39 is 82.8 Å². The van der Waals surface area contributed by atoms with Crippen LogP contribution in [-0.4, -0.2) is 138 Å². The summed E-state index contributed by atoms with van der Waals surface area (Å²) in [5.74, 6) is -3.60. The maximum Gasteiger partial charge on any atom is 0.253 e. The molecule has 8 N–H and O–H groups in total. The predicted molar refractivity (Wildman–Crippen MR) is 287 cm³/mol. The SMILES string of the molecule is CNC(C)C(=O)N[C@H](C(=O)N1C[C@@H](NC(=O)c2cncc(C(=O)N[C@H]3C[C@@H](C(=O)N[C@@H]4CCCc5ccccc54)N(C(=O)[C@@H](NC(=O)[C@H](C)NC)C(C)(C)C)C3)c2)C[C@H]1C(=O)N[C@@H]1CCCc2ccccc21)C(C)(C)C. The van der Waals surface area contributed by atoms with Crippen molar-refractivity contribution in [1.82, 2.24) is 57.3 Å². The van der Waals surface area contributed by atoms with Crippen molar-refractivity contribution in [3.8, 4) is 0 Å². The van der Waals surface area contributed by atoms with Gasteiger partial charge in [-0.25, -0.2) is 0 Å². The lowest BCUT2D eigenvalue weighted by Crippen LogP contribution is -2.59. The molecule has 0 saturated carbocycles. The topological polar surface area (TPSA) is 252 Å². The van der Waals surface area contributed by atoms with Crippen molar-refractivity contribution in [2.24, 2.45) is 10.8 Å². The maximum atomic E-state index is 14.7. The van der Waals surface area contributed by atoms with E-state index in [4.69, 9.17) is 0 Å². The van der Waals surface area contributed by atoms with Crippen molar-refractivity contribution in [2.75, 3.05) is 27.2 Å². The van der Waals surface area contributed by atoms with E-state index >= 15 is 0 Å². The summed E-state index contributed by atoms with van der Waals surface area (Å²) in [7, 11) is 3.30. The Labute approximate surface area is 447 Å². The van der Waals surface area contributed by atoms with Gasteiger partial charge < -0.3 is 52.3 Å². The van der Waals surface area contributed by atoms with E-state index in [1.165, 1.54) is 28.3 Å². The largest absolute Gasteiger partial charge is 0.347 e. The average molecular weight is 1050 g/mol. The molecule has 4 aliphatic rings. The van der Waals surface area contributed by atoms with Crippen LogP contribution in [0.25, 0.3) is 0 Å². The number of likely N-dealkylation sites (tertiary alicyclic amines) is 2. The summed E-state index contributed by atoms with van der Waals surface area (Å²) in [5, 5.41) is 24.0. The summed E-state index contributed by atoms with van der Waals surface area (Å²) < 4.78 is 0. The number of nitrogens with zero attached hydrogens (tertiary/aromatic N) is 3. The van der Waals surface area contributed by atoms with Crippen LogP contribution in [0, 0.1) is 10.8 Å². The van der Waals surface area contributed by atoms with Crippen LogP contribution >= 0.6 is 0 Å². The zero-order valence-electron chi connectivity index (χ0n) is 45.8. The first-order chi connectivity index (χ1) is 36.0. The molecule has 0 radical (unpaired) electrons. The van der Waals surface area contributed by atoms with Crippen molar-refractivity contribution in [2.45, 2.75) is 167 Å². The third-order valence-electron chi connectivity index (χ3n) is 15.5. The number of likely N-dealkylation sites (N-methyl/N-ethyl adjacent to an activating group) is 2. The van der Waals surface area contributed by atoms with Gasteiger partial charge in [-0.1, -0.05) is 90.1 Å². The zero-order chi connectivity index (χ0) is 55.2. The molecular formula is C57H79N11O8. The van der Waals surface area contributed by atoms with E-state index in [1.807, 2.05) is 77.9 Å². The Morgan fingerprint density at radius 2 is 0.947 bits per heavy atom. The minimum Gasteiger partial charge on any atom is -0.347 e. The van der Waals surface area contributed by atoms with Gasteiger partial charge in [0, 0.05) is 37.6 Å². The highest BCUT2D eigenvalue weighted by molar-refractivity contribution is 6.00. The van der Waals surface area contributed by atoms with Gasteiger partial charge >= 0.3 is 0 Å². The molecule has 410 valence electrons. The Morgan fingerprint density at radius 1 is 0.566 bits per heavy atom. The number of carbonyl (C=O) groups is 8. The summed E-state index contributed by atoms with van der Waals surface area (Å²) in [6, 6.07) is 10.2. The summed E-state index contributed by atoms with van der Waals surface area (Å²) in [5.41, 5.74) is 2.95. The number of amides is 8. The van der Waals surface area contributed by atoms with Crippen LogP contribution < -0.4 is 42.5 Å². The monoisotopic (exact) mass is 1050 g/mol. The second-order valence-corrected chi connectivity index (χ2v) is 23.2. The van der Waals surface area contributed by atoms with Gasteiger partial charge in [0.05, 0.1) is 35.3 Å². The Hall–Kier alpha value is -6.73. The summed E-state index contributed by atoms with van der Waals surface area (Å²) in [4.78, 5) is 120. The van der Waals surface area contributed by atoms with Crippen LogP contribution in [0.1, 0.15) is 149 Å². The zero-order valence-corrected chi connectivity index (χ0v) is 45.8. The molecular weight excluding hydrogens is 967 g/mol. The number of aryl methyl sites for hydroxylation is 2. The molecule has 3 heterocycles. The fourth-order valence-electron chi connectivity index (χ4n) is 10.9. The number of benzene rings is 2. The van der Waals surface area contributed by atoms with Gasteiger partial charge in [-0.2, -0.15) is 0 Å². The quantitative estimate of drug-likeness (QED) is 0.104. The van der Waals surface area contributed by atoms with Gasteiger partial charge in [0.1, 0.15) is 24.2 Å². The third kappa shape index (κ3) is 13.3. The molecule has 0 bridgehead atoms. The molecule has 0 spiro atoms. The fourth-order valence-corrected chi connectivity index (χ4v) is 10.9. The standard InChI is InChI=1S/C57H79N11O8/c1-32(58-9)48(69)65-46(56(3,4)5)54(75)67-30-38(26-44(67)52(73)63-42-23-15-19-34-17-11-13-21-40(34)42)61-50(71)36-25-37(29-60-28-36)51(72)62-39-27-45(53(74)64-43-24-16-20-35-18-12-14-22-41(35)43)68(31-39)55(76)47(57(6,7)8)66-49(70)33(2)59-10/h11-14,17-18,21-22,25,28-29,32-33,38-39,42-47,58-59H,15-16,19-20,23-24,26-27,30-31H2,1-10H3,(H,61,71)(H,62,72)(H,63,73)(H,64,74)(H,65,69)(H,66,70)/t32-,33?,38-,39-,42+,43+,44-,45-,46+,47+/m0/s1. The van der Waals surface area contributed by atoms with Crippen LogP contribution in [0.3, 0.4) is 0 Å². The molecule has 2 aliphatic carbocycles.